The lowest BCUT2D eigenvalue weighted by atomic mass is 9.78. The van der Waals surface area contributed by atoms with E-state index in [-0.39, 0.29) is 18.9 Å². The summed E-state index contributed by atoms with van der Waals surface area (Å²) in [4.78, 5) is 42.5. The zero-order chi connectivity index (χ0) is 32.6. The molecule has 0 radical (unpaired) electrons. The molecule has 0 aliphatic rings. The lowest BCUT2D eigenvalue weighted by molar-refractivity contribution is -0.274. The summed E-state index contributed by atoms with van der Waals surface area (Å²) in [6.45, 7) is 3.87. The SMILES string of the molecule is CCC[C@H](c1ccc(C(=O)NCCC(=O)O)cc1)[C@@H](C(=O)Nc1ccc(-c2cnc(C)s2)cc1)c1ccc(OC(F)(F)F)cc1. The summed E-state index contributed by atoms with van der Waals surface area (Å²) in [6.07, 6.45) is -2.01. The fourth-order valence-electron chi connectivity index (χ4n) is 4.98. The number of nitrogens with zero attached hydrogens (tertiary/aromatic N) is 1. The van der Waals surface area contributed by atoms with Crippen LogP contribution < -0.4 is 15.4 Å². The normalized spacial score (nSPS) is 12.6. The van der Waals surface area contributed by atoms with E-state index in [1.54, 1.807) is 53.9 Å². The summed E-state index contributed by atoms with van der Waals surface area (Å²) >= 11 is 1.55. The number of amides is 2. The van der Waals surface area contributed by atoms with Crippen molar-refractivity contribution in [1.82, 2.24) is 10.3 Å². The fraction of sp³-hybridized carbons (Fsp3) is 0.273. The Morgan fingerprint density at radius 1 is 0.956 bits per heavy atom. The first-order valence-electron chi connectivity index (χ1n) is 14.2. The van der Waals surface area contributed by atoms with E-state index < -0.39 is 35.8 Å². The smallest absolute Gasteiger partial charge is 0.481 e. The molecular formula is C33H32F3N3O5S. The van der Waals surface area contributed by atoms with Gasteiger partial charge in [-0.25, -0.2) is 4.98 Å². The molecule has 2 amide bonds. The summed E-state index contributed by atoms with van der Waals surface area (Å²) in [6, 6.07) is 19.3. The maximum absolute atomic E-state index is 14.0. The molecule has 12 heteroatoms. The molecule has 45 heavy (non-hydrogen) atoms. The van der Waals surface area contributed by atoms with Crippen LogP contribution in [0.4, 0.5) is 18.9 Å². The molecule has 3 aromatic carbocycles. The van der Waals surface area contributed by atoms with Gasteiger partial charge in [0.15, 0.2) is 0 Å². The van der Waals surface area contributed by atoms with Crippen LogP contribution in [0.3, 0.4) is 0 Å². The quantitative estimate of drug-likeness (QED) is 0.139. The number of carboxylic acids is 1. The number of rotatable bonds is 13. The van der Waals surface area contributed by atoms with Gasteiger partial charge >= 0.3 is 12.3 Å². The van der Waals surface area contributed by atoms with Gasteiger partial charge in [-0.1, -0.05) is 49.7 Å². The lowest BCUT2D eigenvalue weighted by Crippen LogP contribution is -2.27. The second-order valence-corrected chi connectivity index (χ2v) is 11.6. The van der Waals surface area contributed by atoms with E-state index >= 15 is 0 Å². The zero-order valence-electron chi connectivity index (χ0n) is 24.6. The molecule has 0 spiro atoms. The van der Waals surface area contributed by atoms with Crippen LogP contribution in [0.5, 0.6) is 5.75 Å². The third-order valence-corrected chi connectivity index (χ3v) is 8.00. The molecule has 2 atom stereocenters. The molecule has 8 nitrogen and oxygen atoms in total. The van der Waals surface area contributed by atoms with Crippen molar-refractivity contribution in [2.24, 2.45) is 0 Å². The number of carbonyl (C=O) groups is 3. The average molecular weight is 640 g/mol. The minimum absolute atomic E-state index is 0.0183. The average Bonchev–Trinajstić information content (AvgIpc) is 3.43. The largest absolute Gasteiger partial charge is 0.573 e. The molecule has 0 aliphatic heterocycles. The number of carbonyl (C=O) groups excluding carboxylic acids is 2. The molecule has 1 heterocycles. The number of alkyl halides is 3. The van der Waals surface area contributed by atoms with Crippen molar-refractivity contribution in [2.75, 3.05) is 11.9 Å². The van der Waals surface area contributed by atoms with Gasteiger partial charge in [-0.15, -0.1) is 24.5 Å². The Labute approximate surface area is 262 Å². The predicted octanol–water partition coefficient (Wildman–Crippen LogP) is 7.53. The molecule has 0 fully saturated rings. The van der Waals surface area contributed by atoms with E-state index in [4.69, 9.17) is 5.11 Å². The fourth-order valence-corrected chi connectivity index (χ4v) is 5.76. The molecule has 0 unspecified atom stereocenters. The van der Waals surface area contributed by atoms with Gasteiger partial charge in [0.1, 0.15) is 5.75 Å². The van der Waals surface area contributed by atoms with Crippen molar-refractivity contribution in [3.05, 3.63) is 101 Å². The highest BCUT2D eigenvalue weighted by Crippen LogP contribution is 2.39. The van der Waals surface area contributed by atoms with Crippen LogP contribution in [0.25, 0.3) is 10.4 Å². The molecular weight excluding hydrogens is 607 g/mol. The summed E-state index contributed by atoms with van der Waals surface area (Å²) in [5.41, 5.74) is 3.07. The van der Waals surface area contributed by atoms with E-state index in [1.807, 2.05) is 26.0 Å². The first-order chi connectivity index (χ1) is 21.4. The molecule has 4 rings (SSSR count). The second kappa shape index (κ2) is 14.8. The van der Waals surface area contributed by atoms with E-state index in [0.717, 1.165) is 21.0 Å². The van der Waals surface area contributed by atoms with E-state index in [0.29, 0.717) is 29.7 Å². The number of carboxylic acid groups (broad SMARTS) is 1. The van der Waals surface area contributed by atoms with E-state index in [2.05, 4.69) is 20.4 Å². The van der Waals surface area contributed by atoms with Crippen molar-refractivity contribution < 1.29 is 37.4 Å². The minimum Gasteiger partial charge on any atom is -0.481 e. The van der Waals surface area contributed by atoms with Gasteiger partial charge in [0.2, 0.25) is 5.91 Å². The van der Waals surface area contributed by atoms with Crippen LogP contribution in [0.1, 0.15) is 64.5 Å². The van der Waals surface area contributed by atoms with Crippen molar-refractivity contribution >= 4 is 34.8 Å². The number of hydrogen-bond acceptors (Lipinski definition) is 6. The summed E-state index contributed by atoms with van der Waals surface area (Å²) in [7, 11) is 0. The number of aliphatic carboxylic acids is 1. The van der Waals surface area contributed by atoms with Crippen molar-refractivity contribution in [1.29, 1.82) is 0 Å². The lowest BCUT2D eigenvalue weighted by Gasteiger charge is -2.28. The number of hydrogen-bond donors (Lipinski definition) is 3. The number of thiazole rings is 1. The number of nitrogens with one attached hydrogen (secondary N) is 2. The number of aromatic nitrogens is 1. The van der Waals surface area contributed by atoms with Crippen LogP contribution in [-0.4, -0.2) is 40.8 Å². The van der Waals surface area contributed by atoms with Crippen LogP contribution in [0, 0.1) is 6.92 Å². The monoisotopic (exact) mass is 639 g/mol. The molecule has 0 bridgehead atoms. The van der Waals surface area contributed by atoms with Crippen molar-refractivity contribution in [3.8, 4) is 16.2 Å². The summed E-state index contributed by atoms with van der Waals surface area (Å²) < 4.78 is 42.5. The van der Waals surface area contributed by atoms with Gasteiger partial charge in [0.05, 0.1) is 22.2 Å². The highest BCUT2D eigenvalue weighted by molar-refractivity contribution is 7.15. The number of aryl methyl sites for hydroxylation is 1. The van der Waals surface area contributed by atoms with Gasteiger partial charge in [-0.2, -0.15) is 0 Å². The maximum Gasteiger partial charge on any atom is 0.573 e. The summed E-state index contributed by atoms with van der Waals surface area (Å²) in [5.74, 6) is -3.40. The third kappa shape index (κ3) is 9.39. The van der Waals surface area contributed by atoms with Crippen LogP contribution in [0.15, 0.2) is 79.0 Å². The maximum atomic E-state index is 14.0. The van der Waals surface area contributed by atoms with Crippen molar-refractivity contribution in [2.45, 2.75) is 51.3 Å². The molecule has 0 aliphatic carbocycles. The van der Waals surface area contributed by atoms with E-state index in [1.165, 1.54) is 24.3 Å². The minimum atomic E-state index is -4.85. The Kier molecular flexibility index (Phi) is 10.9. The summed E-state index contributed by atoms with van der Waals surface area (Å²) in [5, 5.41) is 15.3. The van der Waals surface area contributed by atoms with Crippen molar-refractivity contribution in [3.63, 3.8) is 0 Å². The predicted molar refractivity (Wildman–Crippen MR) is 165 cm³/mol. The Balaban J connectivity index is 1.63. The van der Waals surface area contributed by atoms with Gasteiger partial charge < -0.3 is 20.5 Å². The molecule has 4 aromatic rings. The highest BCUT2D eigenvalue weighted by atomic mass is 32.1. The highest BCUT2D eigenvalue weighted by Gasteiger charge is 2.33. The molecule has 0 saturated heterocycles. The number of benzene rings is 3. The molecule has 0 saturated carbocycles. The van der Waals surface area contributed by atoms with E-state index in [9.17, 15) is 27.6 Å². The first kappa shape index (κ1) is 33.2. The van der Waals surface area contributed by atoms with Crippen LogP contribution >= 0.6 is 11.3 Å². The topological polar surface area (TPSA) is 118 Å². The Bertz CT molecular complexity index is 1600. The Hall–Kier alpha value is -4.71. The third-order valence-electron chi connectivity index (χ3n) is 7.04. The standard InChI is InChI=1S/C33H32F3N3O5S/c1-3-4-27(21-5-7-24(8-6-21)31(42)37-18-17-29(40)41)30(23-11-15-26(16-12-23)44-33(34,35)36)32(43)39-25-13-9-22(10-14-25)28-19-38-20(2)45-28/h5-16,19,27,30H,3-4,17-18H2,1-2H3,(H,37,42)(H,39,43)(H,40,41)/t27-,30+/m1/s1. The number of ether oxygens (including phenoxy) is 1. The molecule has 236 valence electrons. The van der Waals surface area contributed by atoms with Crippen LogP contribution in [-0.2, 0) is 9.59 Å². The van der Waals surface area contributed by atoms with Gasteiger partial charge in [-0.05, 0) is 72.4 Å². The Morgan fingerprint density at radius 2 is 1.60 bits per heavy atom. The van der Waals surface area contributed by atoms with Gasteiger partial charge in [0, 0.05) is 24.0 Å². The number of anilines is 1. The Morgan fingerprint density at radius 3 is 2.16 bits per heavy atom. The molecule has 1 aromatic heterocycles. The van der Waals surface area contributed by atoms with Gasteiger partial charge in [0.25, 0.3) is 5.91 Å². The number of halogens is 3. The van der Waals surface area contributed by atoms with Crippen LogP contribution in [0.2, 0.25) is 0 Å². The second-order valence-electron chi connectivity index (χ2n) is 10.3. The van der Waals surface area contributed by atoms with Gasteiger partial charge in [-0.3, -0.25) is 14.4 Å². The molecule has 3 N–H and O–H groups in total. The zero-order valence-corrected chi connectivity index (χ0v) is 25.4. The first-order valence-corrected chi connectivity index (χ1v) is 15.0.